The van der Waals surface area contributed by atoms with Gasteiger partial charge in [-0.15, -0.1) is 0 Å². The Bertz CT molecular complexity index is 1160. The second-order valence-electron chi connectivity index (χ2n) is 7.69. The van der Waals surface area contributed by atoms with Crippen LogP contribution in [0.4, 0.5) is 0 Å². The molecular weight excluding hydrogens is 432 g/mol. The molecule has 1 aliphatic heterocycles. The number of hydrogen-bond acceptors (Lipinski definition) is 6. The fraction of sp³-hybridized carbons (Fsp3) is 0.273. The summed E-state index contributed by atoms with van der Waals surface area (Å²) < 4.78 is 33.4. The van der Waals surface area contributed by atoms with Crippen LogP contribution in [0.2, 0.25) is 0 Å². The number of carbonyl (C=O) groups is 1. The van der Waals surface area contributed by atoms with Gasteiger partial charge in [-0.3, -0.25) is 10.0 Å². The maximum absolute atomic E-state index is 13.2. The van der Waals surface area contributed by atoms with Crippen LogP contribution in [-0.4, -0.2) is 46.4 Å². The van der Waals surface area contributed by atoms with Gasteiger partial charge in [-0.05, 0) is 67.3 Å². The van der Waals surface area contributed by atoms with E-state index >= 15 is 0 Å². The number of imidazole rings is 1. The molecule has 168 valence electrons. The maximum Gasteiger partial charge on any atom is 0.262 e. The molecule has 0 aliphatic carbocycles. The molecule has 0 saturated carbocycles. The molecule has 2 unspecified atom stereocenters. The van der Waals surface area contributed by atoms with E-state index in [2.05, 4.69) is 9.97 Å². The molecule has 1 saturated heterocycles. The number of nitrogens with one attached hydrogen (secondary N) is 2. The lowest BCUT2D eigenvalue weighted by Crippen LogP contribution is -2.54. The number of rotatable bonds is 6. The van der Waals surface area contributed by atoms with Crippen LogP contribution in [0.15, 0.2) is 65.8 Å². The van der Waals surface area contributed by atoms with Crippen molar-refractivity contribution >= 4 is 15.9 Å². The van der Waals surface area contributed by atoms with Gasteiger partial charge in [0.25, 0.3) is 5.91 Å². The van der Waals surface area contributed by atoms with E-state index in [0.29, 0.717) is 24.3 Å². The first-order chi connectivity index (χ1) is 15.4. The van der Waals surface area contributed by atoms with Gasteiger partial charge < -0.3 is 9.72 Å². The highest BCUT2D eigenvalue weighted by Crippen LogP contribution is 2.31. The quantitative estimate of drug-likeness (QED) is 0.387. The van der Waals surface area contributed by atoms with Crippen molar-refractivity contribution < 1.29 is 23.2 Å². The number of ether oxygens (including phenoxy) is 1. The normalized spacial score (nSPS) is 19.4. The third-order valence-corrected chi connectivity index (χ3v) is 7.45. The van der Waals surface area contributed by atoms with E-state index in [4.69, 9.17) is 9.94 Å². The minimum atomic E-state index is -3.92. The second kappa shape index (κ2) is 9.11. The number of nitrogens with zero attached hydrogens (tertiary/aromatic N) is 2. The Kier molecular flexibility index (Phi) is 6.26. The zero-order valence-corrected chi connectivity index (χ0v) is 18.2. The largest absolute Gasteiger partial charge is 0.457 e. The topological polar surface area (TPSA) is 125 Å². The lowest BCUT2D eigenvalue weighted by molar-refractivity contribution is -0.135. The highest BCUT2D eigenvalue weighted by Gasteiger charge is 2.41. The smallest absolute Gasteiger partial charge is 0.262 e. The van der Waals surface area contributed by atoms with Crippen molar-refractivity contribution in [1.29, 1.82) is 0 Å². The van der Waals surface area contributed by atoms with E-state index in [0.717, 1.165) is 15.7 Å². The van der Waals surface area contributed by atoms with Gasteiger partial charge in [0.15, 0.2) is 0 Å². The molecule has 0 spiro atoms. The molecule has 3 aromatic rings. The van der Waals surface area contributed by atoms with Crippen molar-refractivity contribution in [3.63, 3.8) is 0 Å². The number of piperidine rings is 1. The Hall–Kier alpha value is -3.21. The van der Waals surface area contributed by atoms with Gasteiger partial charge in [-0.2, -0.15) is 4.31 Å². The molecule has 2 aromatic carbocycles. The summed E-state index contributed by atoms with van der Waals surface area (Å²) in [7, 11) is -3.92. The number of hydrogen-bond donors (Lipinski definition) is 3. The van der Waals surface area contributed by atoms with Crippen LogP contribution < -0.4 is 10.2 Å². The van der Waals surface area contributed by atoms with Crippen LogP contribution >= 0.6 is 0 Å². The highest BCUT2D eigenvalue weighted by atomic mass is 32.2. The van der Waals surface area contributed by atoms with Gasteiger partial charge in [0, 0.05) is 24.5 Å². The van der Waals surface area contributed by atoms with Gasteiger partial charge in [-0.25, -0.2) is 18.9 Å². The van der Waals surface area contributed by atoms with Crippen LogP contribution in [0, 0.1) is 5.92 Å². The molecule has 1 amide bonds. The fourth-order valence-corrected chi connectivity index (χ4v) is 5.65. The van der Waals surface area contributed by atoms with Crippen molar-refractivity contribution in [1.82, 2.24) is 19.8 Å². The zero-order chi connectivity index (χ0) is 22.7. The second-order valence-corrected chi connectivity index (χ2v) is 9.58. The molecule has 0 radical (unpaired) electrons. The van der Waals surface area contributed by atoms with E-state index in [1.165, 1.54) is 12.1 Å². The standard InChI is InChI=1S/C22H24N4O5S/c1-15-3-2-14-26(20(15)22(27)25-28)32(29,30)19-10-8-18(9-11-19)31-17-6-4-16(5-7-17)21-23-12-13-24-21/h4-13,15,20,28H,2-3,14H2,1H3,(H,23,24)(H,25,27). The number of H-pyrrole nitrogens is 1. The molecular formula is C22H24N4O5S. The van der Waals surface area contributed by atoms with Crippen LogP contribution in [-0.2, 0) is 14.8 Å². The predicted octanol–water partition coefficient (Wildman–Crippen LogP) is 3.16. The van der Waals surface area contributed by atoms with E-state index in [1.807, 2.05) is 12.1 Å². The Labute approximate surface area is 186 Å². The van der Waals surface area contributed by atoms with Crippen molar-refractivity contribution in [3.05, 3.63) is 60.9 Å². The maximum atomic E-state index is 13.2. The monoisotopic (exact) mass is 456 g/mol. The van der Waals surface area contributed by atoms with Gasteiger partial charge in [0.1, 0.15) is 23.4 Å². The number of carbonyl (C=O) groups excluding carboxylic acids is 1. The summed E-state index contributed by atoms with van der Waals surface area (Å²) in [6.45, 7) is 2.01. The van der Waals surface area contributed by atoms with Crippen LogP contribution in [0.25, 0.3) is 11.4 Å². The summed E-state index contributed by atoms with van der Waals surface area (Å²) in [6.07, 6.45) is 4.77. The molecule has 2 heterocycles. The number of benzene rings is 2. The van der Waals surface area contributed by atoms with Gasteiger partial charge in [0.05, 0.1) is 4.90 Å². The number of hydroxylamine groups is 1. The Morgan fingerprint density at radius 3 is 2.41 bits per heavy atom. The average Bonchev–Trinajstić information content (AvgIpc) is 3.34. The van der Waals surface area contributed by atoms with Crippen LogP contribution in [0.1, 0.15) is 19.8 Å². The molecule has 1 aromatic heterocycles. The Morgan fingerprint density at radius 1 is 1.16 bits per heavy atom. The third kappa shape index (κ3) is 4.38. The van der Waals surface area contributed by atoms with Crippen molar-refractivity contribution in [2.24, 2.45) is 5.92 Å². The van der Waals surface area contributed by atoms with Crippen LogP contribution in [0.5, 0.6) is 11.5 Å². The average molecular weight is 457 g/mol. The summed E-state index contributed by atoms with van der Waals surface area (Å²) in [6, 6.07) is 12.4. The number of sulfonamides is 1. The van der Waals surface area contributed by atoms with Gasteiger partial charge >= 0.3 is 0 Å². The molecule has 32 heavy (non-hydrogen) atoms. The van der Waals surface area contributed by atoms with E-state index < -0.39 is 22.0 Å². The zero-order valence-electron chi connectivity index (χ0n) is 17.4. The summed E-state index contributed by atoms with van der Waals surface area (Å²) in [5.41, 5.74) is 2.51. The SMILES string of the molecule is CC1CCCN(S(=O)(=O)c2ccc(Oc3ccc(-c4ncc[nH]4)cc3)cc2)C1C(=O)NO. The molecule has 0 bridgehead atoms. The van der Waals surface area contributed by atoms with E-state index in [9.17, 15) is 13.2 Å². The number of aromatic nitrogens is 2. The van der Waals surface area contributed by atoms with Gasteiger partial charge in [-0.1, -0.05) is 6.92 Å². The molecule has 1 fully saturated rings. The fourth-order valence-electron chi connectivity index (χ4n) is 3.93. The van der Waals surface area contributed by atoms with E-state index in [-0.39, 0.29) is 17.4 Å². The summed E-state index contributed by atoms with van der Waals surface area (Å²) in [5, 5.41) is 9.06. The molecule has 3 N–H and O–H groups in total. The Balaban J connectivity index is 1.50. The molecule has 9 nitrogen and oxygen atoms in total. The summed E-state index contributed by atoms with van der Waals surface area (Å²) >= 11 is 0. The molecule has 4 rings (SSSR count). The first-order valence-electron chi connectivity index (χ1n) is 10.2. The molecule has 10 heteroatoms. The first kappa shape index (κ1) is 22.0. The van der Waals surface area contributed by atoms with Crippen LogP contribution in [0.3, 0.4) is 0 Å². The predicted molar refractivity (Wildman–Crippen MR) is 117 cm³/mol. The lowest BCUT2D eigenvalue weighted by atomic mass is 9.92. The lowest BCUT2D eigenvalue weighted by Gasteiger charge is -2.37. The van der Waals surface area contributed by atoms with Gasteiger partial charge in [0.2, 0.25) is 10.0 Å². The summed E-state index contributed by atoms with van der Waals surface area (Å²) in [4.78, 5) is 19.4. The summed E-state index contributed by atoms with van der Waals surface area (Å²) in [5.74, 6) is 0.897. The van der Waals surface area contributed by atoms with Crippen molar-refractivity contribution in [3.8, 4) is 22.9 Å². The highest BCUT2D eigenvalue weighted by molar-refractivity contribution is 7.89. The van der Waals surface area contributed by atoms with Crippen molar-refractivity contribution in [2.75, 3.05) is 6.54 Å². The molecule has 1 aliphatic rings. The minimum absolute atomic E-state index is 0.0582. The molecule has 2 atom stereocenters. The number of aromatic amines is 1. The minimum Gasteiger partial charge on any atom is -0.457 e. The Morgan fingerprint density at radius 2 is 1.81 bits per heavy atom. The van der Waals surface area contributed by atoms with E-state index in [1.54, 1.807) is 49.1 Å². The van der Waals surface area contributed by atoms with Crippen molar-refractivity contribution in [2.45, 2.75) is 30.7 Å². The number of amides is 1. The third-order valence-electron chi connectivity index (χ3n) is 5.56. The first-order valence-corrected chi connectivity index (χ1v) is 11.7.